The molecule has 1 amide bonds. The molecule has 2 heterocycles. The second kappa shape index (κ2) is 13.2. The van der Waals surface area contributed by atoms with E-state index in [2.05, 4.69) is 17.0 Å². The number of nitrogens with zero attached hydrogens (tertiary/aromatic N) is 3. The van der Waals surface area contributed by atoms with Crippen LogP contribution in [0.5, 0.6) is 5.75 Å². The molecule has 1 aliphatic rings. The van der Waals surface area contributed by atoms with E-state index in [-0.39, 0.29) is 23.9 Å². The van der Waals surface area contributed by atoms with Gasteiger partial charge in [0.25, 0.3) is 5.91 Å². The minimum Gasteiger partial charge on any atom is -0.489 e. The van der Waals surface area contributed by atoms with Gasteiger partial charge in [-0.15, -0.1) is 11.3 Å². The van der Waals surface area contributed by atoms with Crippen LogP contribution in [0.15, 0.2) is 84.2 Å². The molecule has 8 heteroatoms. The molecule has 40 heavy (non-hydrogen) atoms. The van der Waals surface area contributed by atoms with Crippen LogP contribution in [0.2, 0.25) is 0 Å². The Bertz CT molecular complexity index is 1370. The second-order valence-electron chi connectivity index (χ2n) is 10.3. The van der Waals surface area contributed by atoms with Gasteiger partial charge in [-0.3, -0.25) is 9.69 Å². The Kier molecular flexibility index (Phi) is 9.21. The number of amides is 1. The highest BCUT2D eigenvalue weighted by atomic mass is 32.1. The molecule has 2 atom stereocenters. The van der Waals surface area contributed by atoms with Crippen molar-refractivity contribution in [3.05, 3.63) is 117 Å². The van der Waals surface area contributed by atoms with Crippen LogP contribution in [0.4, 0.5) is 4.39 Å². The molecule has 0 spiro atoms. The third kappa shape index (κ3) is 7.75. The summed E-state index contributed by atoms with van der Waals surface area (Å²) in [5.41, 5.74) is 3.73. The van der Waals surface area contributed by atoms with Crippen LogP contribution in [0, 0.1) is 5.82 Å². The molecular weight excluding hydrogens is 525 g/mol. The van der Waals surface area contributed by atoms with Crippen LogP contribution in [-0.2, 0) is 31.0 Å². The highest BCUT2D eigenvalue weighted by molar-refractivity contribution is 7.09. The summed E-state index contributed by atoms with van der Waals surface area (Å²) in [4.78, 5) is 21.9. The maximum atomic E-state index is 13.5. The van der Waals surface area contributed by atoms with E-state index < -0.39 is 0 Å². The maximum absolute atomic E-state index is 13.5. The number of carbonyl (C=O) groups excluding carboxylic acids is 1. The van der Waals surface area contributed by atoms with E-state index in [1.54, 1.807) is 12.1 Å². The minimum atomic E-state index is -0.254. The first-order valence-corrected chi connectivity index (χ1v) is 14.4. The molecule has 1 aromatic heterocycles. The number of morpholine rings is 1. The van der Waals surface area contributed by atoms with Gasteiger partial charge in [-0.25, -0.2) is 9.37 Å². The topological polar surface area (TPSA) is 54.9 Å². The molecule has 0 saturated carbocycles. The molecule has 1 saturated heterocycles. The largest absolute Gasteiger partial charge is 0.489 e. The number of hydrogen-bond donors (Lipinski definition) is 0. The van der Waals surface area contributed by atoms with E-state index in [0.717, 1.165) is 27.4 Å². The zero-order valence-corrected chi connectivity index (χ0v) is 23.6. The summed E-state index contributed by atoms with van der Waals surface area (Å²) < 4.78 is 25.2. The third-order valence-electron chi connectivity index (χ3n) is 6.73. The Morgan fingerprint density at radius 3 is 2.20 bits per heavy atom. The Hall–Kier alpha value is -3.59. The molecule has 1 aliphatic heterocycles. The van der Waals surface area contributed by atoms with Crippen LogP contribution in [0.3, 0.4) is 0 Å². The van der Waals surface area contributed by atoms with E-state index in [9.17, 15) is 9.18 Å². The molecule has 4 aromatic rings. The van der Waals surface area contributed by atoms with E-state index >= 15 is 0 Å². The van der Waals surface area contributed by atoms with Gasteiger partial charge < -0.3 is 14.4 Å². The molecule has 0 bridgehead atoms. The van der Waals surface area contributed by atoms with Crippen LogP contribution >= 0.6 is 11.3 Å². The number of halogens is 1. The molecule has 3 aromatic carbocycles. The Morgan fingerprint density at radius 1 is 0.925 bits per heavy atom. The predicted octanol–water partition coefficient (Wildman–Crippen LogP) is 6.31. The van der Waals surface area contributed by atoms with Gasteiger partial charge in [-0.2, -0.15) is 0 Å². The van der Waals surface area contributed by atoms with Gasteiger partial charge in [-0.05, 0) is 54.8 Å². The smallest absolute Gasteiger partial charge is 0.273 e. The number of hydrogen-bond acceptors (Lipinski definition) is 6. The lowest BCUT2D eigenvalue weighted by atomic mass is 10.1. The van der Waals surface area contributed by atoms with Gasteiger partial charge in [0.15, 0.2) is 0 Å². The van der Waals surface area contributed by atoms with Crippen molar-refractivity contribution in [2.45, 2.75) is 52.3 Å². The third-order valence-corrected chi connectivity index (χ3v) is 7.57. The Labute approximate surface area is 239 Å². The Balaban J connectivity index is 1.26. The zero-order valence-electron chi connectivity index (χ0n) is 22.8. The first kappa shape index (κ1) is 28.0. The lowest BCUT2D eigenvalue weighted by Gasteiger charge is -2.34. The monoisotopic (exact) mass is 559 g/mol. The van der Waals surface area contributed by atoms with Crippen LogP contribution < -0.4 is 4.74 Å². The number of ether oxygens (including phenoxy) is 2. The van der Waals surface area contributed by atoms with Crippen LogP contribution in [-0.4, -0.2) is 46.0 Å². The quantitative estimate of drug-likeness (QED) is 0.228. The SMILES string of the molecule is CC1CN(C(=O)c2csc(CN(Cc3ccc(F)cc3)Cc3ccc(OCc4ccccc4)cc3)n2)CC(C)O1. The van der Waals surface area contributed by atoms with Crippen molar-refractivity contribution < 1.29 is 18.7 Å². The number of thiazole rings is 1. The van der Waals surface area contributed by atoms with Gasteiger partial charge in [-0.1, -0.05) is 54.6 Å². The molecule has 5 rings (SSSR count). The number of benzene rings is 3. The van der Waals surface area contributed by atoms with Crippen molar-refractivity contribution in [2.75, 3.05) is 13.1 Å². The first-order chi connectivity index (χ1) is 19.4. The van der Waals surface area contributed by atoms with E-state index in [0.29, 0.717) is 45.0 Å². The molecule has 2 unspecified atom stereocenters. The normalized spacial score (nSPS) is 17.2. The summed E-state index contributed by atoms with van der Waals surface area (Å²) in [6.45, 7) is 7.47. The average molecular weight is 560 g/mol. The lowest BCUT2D eigenvalue weighted by molar-refractivity contribution is -0.0587. The molecule has 208 valence electrons. The van der Waals surface area contributed by atoms with Gasteiger partial charge in [0.1, 0.15) is 28.9 Å². The first-order valence-electron chi connectivity index (χ1n) is 13.5. The summed E-state index contributed by atoms with van der Waals surface area (Å²) in [6, 6.07) is 24.8. The second-order valence-corrected chi connectivity index (χ2v) is 11.2. The average Bonchev–Trinajstić information content (AvgIpc) is 3.42. The highest BCUT2D eigenvalue weighted by Gasteiger charge is 2.28. The summed E-state index contributed by atoms with van der Waals surface area (Å²) in [6.07, 6.45) is 0.0132. The summed E-state index contributed by atoms with van der Waals surface area (Å²) in [7, 11) is 0. The summed E-state index contributed by atoms with van der Waals surface area (Å²) in [5, 5.41) is 2.71. The fraction of sp³-hybridized carbons (Fsp3) is 0.312. The number of rotatable bonds is 10. The summed E-state index contributed by atoms with van der Waals surface area (Å²) in [5.74, 6) is 0.504. The van der Waals surface area contributed by atoms with Crippen LogP contribution in [0.1, 0.15) is 46.0 Å². The number of aromatic nitrogens is 1. The molecule has 0 radical (unpaired) electrons. The minimum absolute atomic E-state index is 0.00661. The molecule has 0 aliphatic carbocycles. The maximum Gasteiger partial charge on any atom is 0.273 e. The van der Waals surface area contributed by atoms with Gasteiger partial charge in [0.05, 0.1) is 18.8 Å². The van der Waals surface area contributed by atoms with Crippen molar-refractivity contribution in [3.8, 4) is 5.75 Å². The molecular formula is C32H34FN3O3S. The fourth-order valence-corrected chi connectivity index (χ4v) is 5.69. The van der Waals surface area contributed by atoms with Crippen molar-refractivity contribution in [1.29, 1.82) is 0 Å². The summed E-state index contributed by atoms with van der Waals surface area (Å²) >= 11 is 1.49. The standard InChI is InChI=1S/C32H34FN3O3S/c1-23-16-36(17-24(2)39-23)32(37)30-22-40-31(34-30)20-35(18-25-8-12-28(33)13-9-25)19-26-10-14-29(15-11-26)38-21-27-6-4-3-5-7-27/h3-15,22-24H,16-21H2,1-2H3. The highest BCUT2D eigenvalue weighted by Crippen LogP contribution is 2.21. The molecule has 0 N–H and O–H groups in total. The van der Waals surface area contributed by atoms with E-state index in [1.165, 1.54) is 23.5 Å². The van der Waals surface area contributed by atoms with Crippen molar-refractivity contribution >= 4 is 17.2 Å². The van der Waals surface area contributed by atoms with E-state index in [4.69, 9.17) is 14.5 Å². The van der Waals surface area contributed by atoms with Crippen molar-refractivity contribution in [3.63, 3.8) is 0 Å². The zero-order chi connectivity index (χ0) is 27.9. The fourth-order valence-electron chi connectivity index (χ4n) is 4.88. The number of carbonyl (C=O) groups is 1. The lowest BCUT2D eigenvalue weighted by Crippen LogP contribution is -2.48. The Morgan fingerprint density at radius 2 is 1.55 bits per heavy atom. The molecule has 1 fully saturated rings. The predicted molar refractivity (Wildman–Crippen MR) is 155 cm³/mol. The van der Waals surface area contributed by atoms with Gasteiger partial charge in [0, 0.05) is 31.6 Å². The molecule has 6 nitrogen and oxygen atoms in total. The van der Waals surface area contributed by atoms with Crippen molar-refractivity contribution in [2.24, 2.45) is 0 Å². The van der Waals surface area contributed by atoms with Gasteiger partial charge >= 0.3 is 0 Å². The van der Waals surface area contributed by atoms with Crippen molar-refractivity contribution in [1.82, 2.24) is 14.8 Å². The van der Waals surface area contributed by atoms with E-state index in [1.807, 2.05) is 66.6 Å². The van der Waals surface area contributed by atoms with Gasteiger partial charge in [0.2, 0.25) is 0 Å². The van der Waals surface area contributed by atoms with Crippen LogP contribution in [0.25, 0.3) is 0 Å².